The quantitative estimate of drug-likeness (QED) is 0.771. The fraction of sp³-hybridized carbons (Fsp3) is 0.125. The monoisotopic (exact) mass is 325 g/mol. The molecule has 0 aliphatic rings. The van der Waals surface area contributed by atoms with Crippen molar-refractivity contribution in [2.75, 3.05) is 19.5 Å². The summed E-state index contributed by atoms with van der Waals surface area (Å²) in [7, 11) is 3.09. The number of amides is 1. The molecule has 0 unspecified atom stereocenters. The average molecular weight is 325 g/mol. The summed E-state index contributed by atoms with van der Waals surface area (Å²) in [6.07, 6.45) is 4.57. The van der Waals surface area contributed by atoms with Crippen LogP contribution in [0.15, 0.2) is 49.2 Å². The first-order valence-corrected chi connectivity index (χ1v) is 7.05. The minimum absolute atomic E-state index is 0.293. The molecule has 2 heterocycles. The van der Waals surface area contributed by atoms with Gasteiger partial charge in [-0.3, -0.25) is 9.36 Å². The Balaban J connectivity index is 1.87. The Morgan fingerprint density at radius 1 is 1.08 bits per heavy atom. The van der Waals surface area contributed by atoms with Crippen molar-refractivity contribution in [2.24, 2.45) is 0 Å². The van der Waals surface area contributed by atoms with E-state index >= 15 is 0 Å². The summed E-state index contributed by atoms with van der Waals surface area (Å²) in [5.74, 6) is 1.41. The molecule has 0 saturated carbocycles. The third kappa shape index (κ3) is 3.17. The Hall–Kier alpha value is -3.42. The molecule has 0 bridgehead atoms. The van der Waals surface area contributed by atoms with Gasteiger partial charge >= 0.3 is 0 Å². The minimum atomic E-state index is -0.293. The van der Waals surface area contributed by atoms with Crippen LogP contribution in [0.5, 0.6) is 11.5 Å². The van der Waals surface area contributed by atoms with Crippen molar-refractivity contribution in [1.82, 2.24) is 19.7 Å². The van der Waals surface area contributed by atoms with Gasteiger partial charge in [0.05, 0.1) is 19.9 Å². The number of nitrogens with zero attached hydrogens (tertiary/aromatic N) is 4. The summed E-state index contributed by atoms with van der Waals surface area (Å²) >= 11 is 0. The molecule has 0 radical (unpaired) electrons. The van der Waals surface area contributed by atoms with Gasteiger partial charge in [-0.2, -0.15) is 0 Å². The lowest BCUT2D eigenvalue weighted by Gasteiger charge is -2.12. The maximum Gasteiger partial charge on any atom is 0.255 e. The smallest absolute Gasteiger partial charge is 0.255 e. The molecule has 122 valence electrons. The van der Waals surface area contributed by atoms with E-state index in [1.165, 1.54) is 19.8 Å². The Labute approximate surface area is 138 Å². The van der Waals surface area contributed by atoms with Gasteiger partial charge in [0.25, 0.3) is 5.91 Å². The molecule has 1 amide bonds. The number of pyridine rings is 1. The van der Waals surface area contributed by atoms with Gasteiger partial charge in [-0.05, 0) is 24.3 Å². The highest BCUT2D eigenvalue weighted by atomic mass is 16.5. The first-order valence-electron chi connectivity index (χ1n) is 7.05. The summed E-state index contributed by atoms with van der Waals surface area (Å²) in [4.78, 5) is 16.7. The van der Waals surface area contributed by atoms with Gasteiger partial charge in [-0.1, -0.05) is 0 Å². The molecule has 8 nitrogen and oxygen atoms in total. The van der Waals surface area contributed by atoms with Gasteiger partial charge in [-0.25, -0.2) is 4.98 Å². The maximum atomic E-state index is 12.5. The zero-order chi connectivity index (χ0) is 16.9. The molecule has 1 aromatic carbocycles. The first-order chi connectivity index (χ1) is 11.7. The zero-order valence-corrected chi connectivity index (χ0v) is 13.1. The van der Waals surface area contributed by atoms with Crippen molar-refractivity contribution in [3.63, 3.8) is 0 Å². The first kappa shape index (κ1) is 15.5. The second-order valence-corrected chi connectivity index (χ2v) is 4.79. The van der Waals surface area contributed by atoms with Gasteiger partial charge in [0.2, 0.25) is 0 Å². The van der Waals surface area contributed by atoms with Gasteiger partial charge in [0, 0.05) is 17.8 Å². The van der Waals surface area contributed by atoms with Crippen LogP contribution in [-0.4, -0.2) is 39.9 Å². The predicted octanol–water partition coefficient (Wildman–Crippen LogP) is 1.93. The van der Waals surface area contributed by atoms with Crippen LogP contribution in [0.2, 0.25) is 0 Å². The van der Waals surface area contributed by atoms with Crippen LogP contribution in [0.1, 0.15) is 10.4 Å². The highest BCUT2D eigenvalue weighted by Gasteiger charge is 2.12. The topological polar surface area (TPSA) is 91.2 Å². The number of hydrogen-bond acceptors (Lipinski definition) is 6. The van der Waals surface area contributed by atoms with Crippen LogP contribution < -0.4 is 14.8 Å². The van der Waals surface area contributed by atoms with E-state index in [2.05, 4.69) is 20.5 Å². The number of rotatable bonds is 5. The highest BCUT2D eigenvalue weighted by Crippen LogP contribution is 2.29. The molecule has 2 aromatic heterocycles. The largest absolute Gasteiger partial charge is 0.497 e. The predicted molar refractivity (Wildman–Crippen MR) is 86.7 cm³/mol. The van der Waals surface area contributed by atoms with Crippen LogP contribution >= 0.6 is 0 Å². The third-order valence-corrected chi connectivity index (χ3v) is 3.35. The van der Waals surface area contributed by atoms with Crippen molar-refractivity contribution in [2.45, 2.75) is 0 Å². The molecule has 3 rings (SSSR count). The lowest BCUT2D eigenvalue weighted by molar-refractivity contribution is 0.102. The van der Waals surface area contributed by atoms with E-state index in [0.717, 1.165) is 0 Å². The van der Waals surface area contributed by atoms with E-state index in [0.29, 0.717) is 28.6 Å². The standard InChI is InChI=1S/C16H15N5O3/c1-23-12-3-4-14(24-2)13(8-12)20-16(22)11-5-6-17-15(7-11)21-9-18-19-10-21/h3-10H,1-2H3,(H,20,22). The number of benzene rings is 1. The summed E-state index contributed by atoms with van der Waals surface area (Å²) in [6.45, 7) is 0. The lowest BCUT2D eigenvalue weighted by Crippen LogP contribution is -2.13. The number of carbonyl (C=O) groups excluding carboxylic acids is 1. The summed E-state index contributed by atoms with van der Waals surface area (Å²) in [6, 6.07) is 8.44. The summed E-state index contributed by atoms with van der Waals surface area (Å²) < 4.78 is 12.1. The summed E-state index contributed by atoms with van der Waals surface area (Å²) in [5.41, 5.74) is 0.961. The average Bonchev–Trinajstić information content (AvgIpc) is 3.16. The van der Waals surface area contributed by atoms with Crippen molar-refractivity contribution in [3.05, 3.63) is 54.7 Å². The van der Waals surface area contributed by atoms with Crippen LogP contribution in [0, 0.1) is 0 Å². The molecule has 0 fully saturated rings. The SMILES string of the molecule is COc1ccc(OC)c(NC(=O)c2ccnc(-n3cnnc3)c2)c1. The number of methoxy groups -OCH3 is 2. The van der Waals surface area contributed by atoms with Crippen LogP contribution in [-0.2, 0) is 0 Å². The highest BCUT2D eigenvalue weighted by molar-refractivity contribution is 6.05. The van der Waals surface area contributed by atoms with Gasteiger partial charge < -0.3 is 14.8 Å². The summed E-state index contributed by atoms with van der Waals surface area (Å²) in [5, 5.41) is 10.3. The molecule has 0 atom stereocenters. The van der Waals surface area contributed by atoms with Gasteiger partial charge in [0.1, 0.15) is 30.0 Å². The van der Waals surface area contributed by atoms with E-state index in [1.54, 1.807) is 48.2 Å². The number of aromatic nitrogens is 4. The van der Waals surface area contributed by atoms with Crippen molar-refractivity contribution < 1.29 is 14.3 Å². The molecule has 8 heteroatoms. The molecule has 0 saturated heterocycles. The Bertz CT molecular complexity index is 849. The van der Waals surface area contributed by atoms with Crippen LogP contribution in [0.3, 0.4) is 0 Å². The lowest BCUT2D eigenvalue weighted by atomic mass is 10.2. The fourth-order valence-electron chi connectivity index (χ4n) is 2.13. The Morgan fingerprint density at radius 3 is 2.58 bits per heavy atom. The van der Waals surface area contributed by atoms with E-state index < -0.39 is 0 Å². The van der Waals surface area contributed by atoms with Crippen LogP contribution in [0.25, 0.3) is 5.82 Å². The Morgan fingerprint density at radius 2 is 1.88 bits per heavy atom. The second-order valence-electron chi connectivity index (χ2n) is 4.79. The molecule has 24 heavy (non-hydrogen) atoms. The molecular weight excluding hydrogens is 310 g/mol. The molecule has 0 aliphatic carbocycles. The molecule has 0 spiro atoms. The maximum absolute atomic E-state index is 12.5. The molecule has 3 aromatic rings. The molecule has 0 aliphatic heterocycles. The van der Waals surface area contributed by atoms with Gasteiger partial charge in [-0.15, -0.1) is 10.2 Å². The fourth-order valence-corrected chi connectivity index (χ4v) is 2.13. The number of nitrogens with one attached hydrogen (secondary N) is 1. The van der Waals surface area contributed by atoms with Gasteiger partial charge in [0.15, 0.2) is 0 Å². The Kier molecular flexibility index (Phi) is 4.37. The second kappa shape index (κ2) is 6.78. The number of hydrogen-bond donors (Lipinski definition) is 1. The van der Waals surface area contributed by atoms with E-state index in [4.69, 9.17) is 9.47 Å². The van der Waals surface area contributed by atoms with E-state index in [1.807, 2.05) is 0 Å². The van der Waals surface area contributed by atoms with E-state index in [-0.39, 0.29) is 5.91 Å². The van der Waals surface area contributed by atoms with Crippen molar-refractivity contribution in [1.29, 1.82) is 0 Å². The zero-order valence-electron chi connectivity index (χ0n) is 13.1. The third-order valence-electron chi connectivity index (χ3n) is 3.35. The molecular formula is C16H15N5O3. The van der Waals surface area contributed by atoms with Crippen molar-refractivity contribution in [3.8, 4) is 17.3 Å². The molecule has 1 N–H and O–H groups in total. The van der Waals surface area contributed by atoms with E-state index in [9.17, 15) is 4.79 Å². The number of carbonyl (C=O) groups is 1. The number of ether oxygens (including phenoxy) is 2. The van der Waals surface area contributed by atoms with Crippen LogP contribution in [0.4, 0.5) is 5.69 Å². The normalized spacial score (nSPS) is 10.2. The minimum Gasteiger partial charge on any atom is -0.497 e. The number of anilines is 1. The van der Waals surface area contributed by atoms with Crippen molar-refractivity contribution >= 4 is 11.6 Å².